The van der Waals surface area contributed by atoms with Crippen LogP contribution in [0.3, 0.4) is 0 Å². The van der Waals surface area contributed by atoms with E-state index in [0.29, 0.717) is 0 Å². The first-order valence-electron chi connectivity index (χ1n) is 4.83. The molecule has 0 atom stereocenters. The second-order valence-corrected chi connectivity index (χ2v) is 3.18. The van der Waals surface area contributed by atoms with E-state index in [4.69, 9.17) is 15.3 Å². The average molecular weight is 240 g/mol. The molecule has 6 heteroatoms. The van der Waals surface area contributed by atoms with Crippen LogP contribution in [0, 0.1) is 28.5 Å². The third-order valence-corrected chi connectivity index (χ3v) is 2.04. The lowest BCUT2D eigenvalue weighted by atomic mass is 10.2. The molecule has 0 N–H and O–H groups in total. The maximum Gasteiger partial charge on any atom is 0.256 e. The van der Waals surface area contributed by atoms with Gasteiger partial charge in [0.1, 0.15) is 6.07 Å². The smallest absolute Gasteiger partial charge is 0.256 e. The maximum atomic E-state index is 13.6. The summed E-state index contributed by atoms with van der Waals surface area (Å²) in [5.74, 6) is -0.904. The summed E-state index contributed by atoms with van der Waals surface area (Å²) < 4.78 is 18.7. The highest BCUT2D eigenvalue weighted by Gasteiger charge is 2.10. The number of hydrogen-bond donors (Lipinski definition) is 0. The third kappa shape index (κ3) is 2.23. The summed E-state index contributed by atoms with van der Waals surface area (Å²) in [5, 5.41) is 17.4. The van der Waals surface area contributed by atoms with Gasteiger partial charge in [-0.2, -0.15) is 10.5 Å². The van der Waals surface area contributed by atoms with E-state index in [1.165, 1.54) is 24.5 Å². The molecule has 0 saturated heterocycles. The van der Waals surface area contributed by atoms with Crippen LogP contribution in [-0.2, 0) is 0 Å². The minimum atomic E-state index is -0.705. The zero-order valence-electron chi connectivity index (χ0n) is 8.96. The highest BCUT2D eigenvalue weighted by atomic mass is 19.1. The molecule has 0 radical (unpaired) electrons. The fourth-order valence-corrected chi connectivity index (χ4v) is 1.23. The van der Waals surface area contributed by atoms with Gasteiger partial charge < -0.3 is 4.74 Å². The Kier molecular flexibility index (Phi) is 3.13. The number of rotatable bonds is 2. The van der Waals surface area contributed by atoms with Crippen molar-refractivity contribution in [3.63, 3.8) is 0 Å². The molecule has 2 rings (SSSR count). The molecular formula is C12H5FN4O. The van der Waals surface area contributed by atoms with Crippen molar-refractivity contribution >= 4 is 0 Å². The van der Waals surface area contributed by atoms with Crippen molar-refractivity contribution in [2.24, 2.45) is 0 Å². The minimum Gasteiger partial charge on any atom is -0.433 e. The first kappa shape index (κ1) is 11.5. The Labute approximate surface area is 102 Å². The van der Waals surface area contributed by atoms with E-state index in [0.717, 1.165) is 6.07 Å². The quantitative estimate of drug-likeness (QED) is 0.803. The van der Waals surface area contributed by atoms with Crippen LogP contribution in [-0.4, -0.2) is 9.97 Å². The van der Waals surface area contributed by atoms with Gasteiger partial charge in [-0.1, -0.05) is 0 Å². The minimum absolute atomic E-state index is 0.0405. The van der Waals surface area contributed by atoms with Crippen LogP contribution in [0.2, 0.25) is 0 Å². The predicted molar refractivity (Wildman–Crippen MR) is 57.9 cm³/mol. The molecule has 0 aliphatic carbocycles. The SMILES string of the molecule is N#Cc1ccc(Oc2nccnc2C#N)c(F)c1. The summed E-state index contributed by atoms with van der Waals surface area (Å²) in [6.45, 7) is 0. The lowest BCUT2D eigenvalue weighted by molar-refractivity contribution is 0.424. The molecule has 0 amide bonds. The van der Waals surface area contributed by atoms with Gasteiger partial charge in [0, 0.05) is 12.4 Å². The number of nitriles is 2. The van der Waals surface area contributed by atoms with Gasteiger partial charge in [0.05, 0.1) is 11.6 Å². The lowest BCUT2D eigenvalue weighted by Crippen LogP contribution is -1.96. The van der Waals surface area contributed by atoms with Crippen LogP contribution in [0.25, 0.3) is 0 Å². The second kappa shape index (κ2) is 4.89. The van der Waals surface area contributed by atoms with Gasteiger partial charge in [0.2, 0.25) is 5.69 Å². The lowest BCUT2D eigenvalue weighted by Gasteiger charge is -2.06. The molecule has 0 aliphatic heterocycles. The normalized spacial score (nSPS) is 9.28. The molecule has 5 nitrogen and oxygen atoms in total. The summed E-state index contributed by atoms with van der Waals surface area (Å²) in [4.78, 5) is 7.52. The molecule has 0 unspecified atom stereocenters. The zero-order valence-corrected chi connectivity index (χ0v) is 8.96. The van der Waals surface area contributed by atoms with E-state index in [1.807, 2.05) is 0 Å². The van der Waals surface area contributed by atoms with E-state index < -0.39 is 5.82 Å². The summed E-state index contributed by atoms with van der Waals surface area (Å²) in [5.41, 5.74) is 0.140. The fraction of sp³-hybridized carbons (Fsp3) is 0. The first-order chi connectivity index (χ1) is 8.74. The molecule has 1 heterocycles. The molecular weight excluding hydrogens is 235 g/mol. The number of ether oxygens (including phenoxy) is 1. The number of halogens is 1. The third-order valence-electron chi connectivity index (χ3n) is 2.04. The predicted octanol–water partition coefficient (Wildman–Crippen LogP) is 2.15. The summed E-state index contributed by atoms with van der Waals surface area (Å²) in [7, 11) is 0. The van der Waals surface area contributed by atoms with Crippen LogP contribution in [0.4, 0.5) is 4.39 Å². The monoisotopic (exact) mass is 240 g/mol. The number of nitrogens with zero attached hydrogens (tertiary/aromatic N) is 4. The molecule has 1 aromatic carbocycles. The van der Waals surface area contributed by atoms with Crippen LogP contribution in [0.5, 0.6) is 11.6 Å². The Bertz CT molecular complexity index is 673. The van der Waals surface area contributed by atoms with Crippen molar-refractivity contribution in [3.05, 3.63) is 47.7 Å². The van der Waals surface area contributed by atoms with Crippen molar-refractivity contribution in [1.29, 1.82) is 10.5 Å². The standard InChI is InChI=1S/C12H5FN4O/c13-9-5-8(6-14)1-2-11(9)18-12-10(7-15)16-3-4-17-12/h1-5H. The Morgan fingerprint density at radius 3 is 2.56 bits per heavy atom. The molecule has 0 bridgehead atoms. The number of benzene rings is 1. The molecule has 0 spiro atoms. The van der Waals surface area contributed by atoms with Crippen molar-refractivity contribution in [3.8, 4) is 23.8 Å². The van der Waals surface area contributed by atoms with E-state index in [9.17, 15) is 4.39 Å². The molecule has 0 saturated carbocycles. The molecule has 0 fully saturated rings. The van der Waals surface area contributed by atoms with Crippen molar-refractivity contribution < 1.29 is 9.13 Å². The zero-order chi connectivity index (χ0) is 13.0. The topological polar surface area (TPSA) is 82.6 Å². The van der Waals surface area contributed by atoms with Crippen molar-refractivity contribution in [2.75, 3.05) is 0 Å². The van der Waals surface area contributed by atoms with Gasteiger partial charge >= 0.3 is 0 Å². The van der Waals surface area contributed by atoms with Gasteiger partial charge in [-0.3, -0.25) is 0 Å². The van der Waals surface area contributed by atoms with Gasteiger partial charge in [0.25, 0.3) is 5.88 Å². The Morgan fingerprint density at radius 1 is 1.11 bits per heavy atom. The Morgan fingerprint density at radius 2 is 1.89 bits per heavy atom. The van der Waals surface area contributed by atoms with Crippen LogP contribution >= 0.6 is 0 Å². The highest BCUT2D eigenvalue weighted by Crippen LogP contribution is 2.24. The summed E-state index contributed by atoms with van der Waals surface area (Å²) in [6.07, 6.45) is 2.66. The summed E-state index contributed by atoms with van der Waals surface area (Å²) >= 11 is 0. The van der Waals surface area contributed by atoms with Crippen LogP contribution in [0.15, 0.2) is 30.6 Å². The van der Waals surface area contributed by atoms with Crippen LogP contribution in [0.1, 0.15) is 11.3 Å². The fourth-order valence-electron chi connectivity index (χ4n) is 1.23. The largest absolute Gasteiger partial charge is 0.433 e. The average Bonchev–Trinajstić information content (AvgIpc) is 2.41. The van der Waals surface area contributed by atoms with E-state index in [1.54, 1.807) is 12.1 Å². The molecule has 2 aromatic rings. The summed E-state index contributed by atoms with van der Waals surface area (Å²) in [6, 6.07) is 7.33. The maximum absolute atomic E-state index is 13.6. The second-order valence-electron chi connectivity index (χ2n) is 3.18. The van der Waals surface area contributed by atoms with Crippen molar-refractivity contribution in [2.45, 2.75) is 0 Å². The van der Waals surface area contributed by atoms with E-state index in [2.05, 4.69) is 9.97 Å². The Hall–Kier alpha value is -2.99. The Balaban J connectivity index is 2.36. The molecule has 0 aliphatic rings. The van der Waals surface area contributed by atoms with E-state index in [-0.39, 0.29) is 22.9 Å². The molecule has 1 aromatic heterocycles. The van der Waals surface area contributed by atoms with E-state index >= 15 is 0 Å². The van der Waals surface area contributed by atoms with Gasteiger partial charge in [-0.15, -0.1) is 0 Å². The number of hydrogen-bond acceptors (Lipinski definition) is 5. The van der Waals surface area contributed by atoms with Crippen LogP contribution < -0.4 is 4.74 Å². The number of aromatic nitrogens is 2. The molecule has 18 heavy (non-hydrogen) atoms. The van der Waals surface area contributed by atoms with Gasteiger partial charge in [0.15, 0.2) is 11.6 Å². The highest BCUT2D eigenvalue weighted by molar-refractivity contribution is 5.39. The van der Waals surface area contributed by atoms with Crippen molar-refractivity contribution in [1.82, 2.24) is 9.97 Å². The van der Waals surface area contributed by atoms with Gasteiger partial charge in [-0.25, -0.2) is 14.4 Å². The molecule has 86 valence electrons. The first-order valence-corrected chi connectivity index (χ1v) is 4.83. The van der Waals surface area contributed by atoms with Gasteiger partial charge in [-0.05, 0) is 18.2 Å².